The maximum atomic E-state index is 5.54. The van der Waals surface area contributed by atoms with Crippen molar-refractivity contribution >= 4 is 11.6 Å². The molecule has 2 saturated heterocycles. The molecule has 2 atom stereocenters. The Morgan fingerprint density at radius 2 is 1.81 bits per heavy atom. The first-order valence-corrected chi connectivity index (χ1v) is 5.75. The highest BCUT2D eigenvalue weighted by Crippen LogP contribution is 2.32. The number of nitrogens with two attached hydrogens (primary N) is 1. The van der Waals surface area contributed by atoms with E-state index in [2.05, 4.69) is 27.0 Å². The van der Waals surface area contributed by atoms with E-state index in [4.69, 9.17) is 5.73 Å². The zero-order valence-corrected chi connectivity index (χ0v) is 9.50. The van der Waals surface area contributed by atoms with E-state index in [9.17, 15) is 0 Å². The second-order valence-corrected chi connectivity index (χ2v) is 4.96. The Bertz CT molecular complexity index is 362. The van der Waals surface area contributed by atoms with E-state index >= 15 is 0 Å². The van der Waals surface area contributed by atoms with Crippen molar-refractivity contribution in [2.75, 3.05) is 43.9 Å². The van der Waals surface area contributed by atoms with Crippen LogP contribution in [0.4, 0.5) is 11.6 Å². The molecular weight excluding hydrogens is 202 g/mol. The molecule has 2 aliphatic rings. The van der Waals surface area contributed by atoms with Gasteiger partial charge in [-0.1, -0.05) is 0 Å². The Balaban J connectivity index is 1.73. The van der Waals surface area contributed by atoms with Crippen molar-refractivity contribution < 1.29 is 0 Å². The first-order valence-electron chi connectivity index (χ1n) is 5.75. The number of nitrogen functional groups attached to an aromatic ring is 1. The number of hydrogen-bond donors (Lipinski definition) is 1. The van der Waals surface area contributed by atoms with E-state index in [1.165, 1.54) is 13.1 Å². The molecule has 1 aromatic heterocycles. The van der Waals surface area contributed by atoms with E-state index in [1.54, 1.807) is 0 Å². The molecule has 2 aliphatic heterocycles. The number of rotatable bonds is 1. The summed E-state index contributed by atoms with van der Waals surface area (Å²) < 4.78 is 0. The lowest BCUT2D eigenvalue weighted by molar-refractivity contribution is 0.387. The fourth-order valence-electron chi connectivity index (χ4n) is 2.92. The standard InChI is InChI=1S/C11H17N5/c1-15-4-8-6-16(7-9(8)5-15)11-3-2-10(12)13-14-11/h2-3,8-9H,4-7H2,1H3,(H2,12,13). The van der Waals surface area contributed by atoms with Gasteiger partial charge < -0.3 is 15.5 Å². The summed E-state index contributed by atoms with van der Waals surface area (Å²) in [7, 11) is 2.20. The molecule has 86 valence electrons. The fourth-order valence-corrected chi connectivity index (χ4v) is 2.92. The van der Waals surface area contributed by atoms with Crippen LogP contribution in [-0.4, -0.2) is 48.3 Å². The summed E-state index contributed by atoms with van der Waals surface area (Å²) in [5.74, 6) is 3.04. The maximum Gasteiger partial charge on any atom is 0.151 e. The van der Waals surface area contributed by atoms with Crippen molar-refractivity contribution in [3.63, 3.8) is 0 Å². The van der Waals surface area contributed by atoms with Crippen LogP contribution in [0.15, 0.2) is 12.1 Å². The summed E-state index contributed by atoms with van der Waals surface area (Å²) >= 11 is 0. The van der Waals surface area contributed by atoms with Crippen molar-refractivity contribution in [3.05, 3.63) is 12.1 Å². The zero-order valence-electron chi connectivity index (χ0n) is 9.50. The average Bonchev–Trinajstić information content (AvgIpc) is 2.75. The van der Waals surface area contributed by atoms with Crippen LogP contribution in [0.2, 0.25) is 0 Å². The van der Waals surface area contributed by atoms with E-state index in [0.29, 0.717) is 5.82 Å². The van der Waals surface area contributed by atoms with Crippen LogP contribution >= 0.6 is 0 Å². The molecule has 0 radical (unpaired) electrons. The van der Waals surface area contributed by atoms with Crippen LogP contribution in [0, 0.1) is 11.8 Å². The third-order valence-electron chi connectivity index (χ3n) is 3.66. The Morgan fingerprint density at radius 1 is 1.12 bits per heavy atom. The summed E-state index contributed by atoms with van der Waals surface area (Å²) in [4.78, 5) is 4.75. The average molecular weight is 219 g/mol. The highest BCUT2D eigenvalue weighted by Gasteiger charge is 2.39. The van der Waals surface area contributed by atoms with E-state index < -0.39 is 0 Å². The SMILES string of the molecule is CN1CC2CN(c3ccc(N)nn3)CC2C1. The van der Waals surface area contributed by atoms with Crippen LogP contribution in [0.5, 0.6) is 0 Å². The molecular formula is C11H17N5. The molecule has 3 heterocycles. The molecule has 0 aromatic carbocycles. The number of aromatic nitrogens is 2. The maximum absolute atomic E-state index is 5.54. The quantitative estimate of drug-likeness (QED) is 0.723. The van der Waals surface area contributed by atoms with Crippen molar-refractivity contribution in [1.82, 2.24) is 15.1 Å². The van der Waals surface area contributed by atoms with E-state index in [-0.39, 0.29) is 0 Å². The molecule has 0 saturated carbocycles. The van der Waals surface area contributed by atoms with Gasteiger partial charge in [-0.3, -0.25) is 0 Å². The molecule has 0 amide bonds. The largest absolute Gasteiger partial charge is 0.382 e. The number of hydrogen-bond acceptors (Lipinski definition) is 5. The minimum absolute atomic E-state index is 0.489. The Morgan fingerprint density at radius 3 is 2.38 bits per heavy atom. The molecule has 2 unspecified atom stereocenters. The van der Waals surface area contributed by atoms with Gasteiger partial charge in [0, 0.05) is 26.2 Å². The summed E-state index contributed by atoms with van der Waals surface area (Å²) in [6.07, 6.45) is 0. The smallest absolute Gasteiger partial charge is 0.151 e. The molecule has 0 spiro atoms. The van der Waals surface area contributed by atoms with Gasteiger partial charge in [-0.15, -0.1) is 10.2 Å². The normalized spacial score (nSPS) is 29.7. The van der Waals surface area contributed by atoms with Crippen molar-refractivity contribution in [1.29, 1.82) is 0 Å². The van der Waals surface area contributed by atoms with Crippen LogP contribution < -0.4 is 10.6 Å². The highest BCUT2D eigenvalue weighted by atomic mass is 15.3. The Kier molecular flexibility index (Phi) is 2.21. The van der Waals surface area contributed by atoms with Crippen molar-refractivity contribution in [2.24, 2.45) is 11.8 Å². The van der Waals surface area contributed by atoms with Gasteiger partial charge in [-0.05, 0) is 31.0 Å². The van der Waals surface area contributed by atoms with Crippen molar-refractivity contribution in [2.45, 2.75) is 0 Å². The lowest BCUT2D eigenvalue weighted by Gasteiger charge is -2.19. The lowest BCUT2D eigenvalue weighted by Crippen LogP contribution is -2.27. The number of anilines is 2. The summed E-state index contributed by atoms with van der Waals surface area (Å²) in [6.45, 7) is 4.63. The zero-order chi connectivity index (χ0) is 11.1. The number of nitrogens with zero attached hydrogens (tertiary/aromatic N) is 4. The van der Waals surface area contributed by atoms with Gasteiger partial charge in [-0.2, -0.15) is 0 Å². The second kappa shape index (κ2) is 3.59. The summed E-state index contributed by atoms with van der Waals surface area (Å²) in [5, 5.41) is 8.05. The van der Waals surface area contributed by atoms with Crippen LogP contribution in [0.25, 0.3) is 0 Å². The first-order chi connectivity index (χ1) is 7.72. The molecule has 2 N–H and O–H groups in total. The van der Waals surface area contributed by atoms with Gasteiger partial charge in [0.1, 0.15) is 5.82 Å². The lowest BCUT2D eigenvalue weighted by atomic mass is 10.0. The van der Waals surface area contributed by atoms with Gasteiger partial charge in [-0.25, -0.2) is 0 Å². The predicted molar refractivity (Wildman–Crippen MR) is 63.1 cm³/mol. The van der Waals surface area contributed by atoms with Crippen LogP contribution in [0.3, 0.4) is 0 Å². The van der Waals surface area contributed by atoms with Crippen LogP contribution in [0.1, 0.15) is 0 Å². The Hall–Kier alpha value is -1.36. The monoisotopic (exact) mass is 219 g/mol. The van der Waals surface area contributed by atoms with Crippen LogP contribution in [-0.2, 0) is 0 Å². The fraction of sp³-hybridized carbons (Fsp3) is 0.636. The van der Waals surface area contributed by atoms with Gasteiger partial charge in [0.2, 0.25) is 0 Å². The third-order valence-corrected chi connectivity index (χ3v) is 3.66. The second-order valence-electron chi connectivity index (χ2n) is 4.96. The molecule has 1 aromatic rings. The minimum atomic E-state index is 0.489. The number of likely N-dealkylation sites (tertiary alicyclic amines) is 1. The third kappa shape index (κ3) is 1.61. The van der Waals surface area contributed by atoms with Crippen molar-refractivity contribution in [3.8, 4) is 0 Å². The van der Waals surface area contributed by atoms with Gasteiger partial charge in [0.25, 0.3) is 0 Å². The highest BCUT2D eigenvalue weighted by molar-refractivity contribution is 5.42. The summed E-state index contributed by atoms with van der Waals surface area (Å²) in [6, 6.07) is 3.79. The van der Waals surface area contributed by atoms with E-state index in [0.717, 1.165) is 30.7 Å². The predicted octanol–water partition coefficient (Wildman–Crippen LogP) is 0.0566. The molecule has 16 heavy (non-hydrogen) atoms. The number of fused-ring (bicyclic) bond motifs is 1. The van der Waals surface area contributed by atoms with Gasteiger partial charge in [0.15, 0.2) is 5.82 Å². The molecule has 0 bridgehead atoms. The first kappa shape index (κ1) is 9.84. The molecule has 0 aliphatic carbocycles. The van der Waals surface area contributed by atoms with E-state index in [1.807, 2.05) is 12.1 Å². The minimum Gasteiger partial charge on any atom is -0.382 e. The molecule has 2 fully saturated rings. The Labute approximate surface area is 95.2 Å². The molecule has 5 nitrogen and oxygen atoms in total. The summed E-state index contributed by atoms with van der Waals surface area (Å²) in [5.41, 5.74) is 5.54. The van der Waals surface area contributed by atoms with Gasteiger partial charge in [0.05, 0.1) is 0 Å². The molecule has 5 heteroatoms. The molecule has 3 rings (SSSR count). The topological polar surface area (TPSA) is 58.3 Å². The van der Waals surface area contributed by atoms with Gasteiger partial charge >= 0.3 is 0 Å².